The molecule has 0 fully saturated rings. The molecule has 0 saturated carbocycles. The lowest BCUT2D eigenvalue weighted by molar-refractivity contribution is -0.154. The van der Waals surface area contributed by atoms with Crippen LogP contribution in [0.1, 0.15) is 21.7 Å². The first-order valence-corrected chi connectivity index (χ1v) is 8.76. The number of methoxy groups -OCH3 is 1. The molecule has 3 aromatic rings. The van der Waals surface area contributed by atoms with Gasteiger partial charge < -0.3 is 14.8 Å². The molecule has 0 spiro atoms. The van der Waals surface area contributed by atoms with Crippen LogP contribution in [0.3, 0.4) is 0 Å². The second-order valence-corrected chi connectivity index (χ2v) is 6.22. The average molecular weight is 421 g/mol. The van der Waals surface area contributed by atoms with Crippen LogP contribution in [0.2, 0.25) is 0 Å². The second kappa shape index (κ2) is 8.80. The van der Waals surface area contributed by atoms with Crippen molar-refractivity contribution < 1.29 is 27.4 Å². The summed E-state index contributed by atoms with van der Waals surface area (Å²) in [6.45, 7) is 0.410. The van der Waals surface area contributed by atoms with Crippen LogP contribution in [-0.4, -0.2) is 45.8 Å². The number of nitrogens with zero attached hydrogens (tertiary/aromatic N) is 4. The van der Waals surface area contributed by atoms with Gasteiger partial charge in [0.05, 0.1) is 18.5 Å². The molecule has 0 aliphatic heterocycles. The molecule has 0 unspecified atom stereocenters. The molecular formula is C19H18F3N5O3. The number of carbonyl (C=O) groups excluding carboxylic acids is 1. The smallest absolute Gasteiger partial charge is 0.422 e. The average Bonchev–Trinajstić information content (AvgIpc) is 3.12. The van der Waals surface area contributed by atoms with Crippen molar-refractivity contribution in [2.24, 2.45) is 0 Å². The van der Waals surface area contributed by atoms with Gasteiger partial charge in [-0.05, 0) is 36.8 Å². The summed E-state index contributed by atoms with van der Waals surface area (Å²) in [5, 5.41) is 10.6. The highest BCUT2D eigenvalue weighted by Crippen LogP contribution is 2.18. The molecule has 0 atom stereocenters. The number of hydrogen-bond acceptors (Lipinski definition) is 6. The Morgan fingerprint density at radius 2 is 1.90 bits per heavy atom. The zero-order valence-electron chi connectivity index (χ0n) is 16.1. The molecule has 30 heavy (non-hydrogen) atoms. The first-order chi connectivity index (χ1) is 14.3. The number of rotatable bonds is 7. The van der Waals surface area contributed by atoms with Crippen LogP contribution in [-0.2, 0) is 6.54 Å². The van der Waals surface area contributed by atoms with Gasteiger partial charge in [0.25, 0.3) is 5.91 Å². The Morgan fingerprint density at radius 3 is 2.50 bits per heavy atom. The molecule has 1 N–H and O–H groups in total. The highest BCUT2D eigenvalue weighted by molar-refractivity contribution is 5.93. The third-order valence-corrected chi connectivity index (χ3v) is 4.06. The predicted molar refractivity (Wildman–Crippen MR) is 99.6 cm³/mol. The minimum Gasteiger partial charge on any atom is -0.497 e. The highest BCUT2D eigenvalue weighted by Gasteiger charge is 2.28. The van der Waals surface area contributed by atoms with E-state index in [1.54, 1.807) is 38.3 Å². The van der Waals surface area contributed by atoms with Crippen LogP contribution >= 0.6 is 0 Å². The van der Waals surface area contributed by atoms with Crippen molar-refractivity contribution in [2.75, 3.05) is 13.7 Å². The molecular weight excluding hydrogens is 403 g/mol. The number of ether oxygens (including phenoxy) is 2. The third-order valence-electron chi connectivity index (χ3n) is 4.06. The van der Waals surface area contributed by atoms with Crippen LogP contribution in [0.4, 0.5) is 13.2 Å². The molecule has 0 aliphatic rings. The van der Waals surface area contributed by atoms with E-state index >= 15 is 0 Å². The van der Waals surface area contributed by atoms with E-state index < -0.39 is 18.7 Å². The number of pyridine rings is 1. The van der Waals surface area contributed by atoms with Crippen LogP contribution in [0, 0.1) is 6.92 Å². The minimum atomic E-state index is -4.44. The number of alkyl halides is 3. The summed E-state index contributed by atoms with van der Waals surface area (Å²) < 4.78 is 47.6. The van der Waals surface area contributed by atoms with Crippen LogP contribution < -0.4 is 14.8 Å². The van der Waals surface area contributed by atoms with E-state index in [1.165, 1.54) is 23.0 Å². The minimum absolute atomic E-state index is 0.111. The summed E-state index contributed by atoms with van der Waals surface area (Å²) in [6.07, 6.45) is -3.11. The van der Waals surface area contributed by atoms with E-state index in [9.17, 15) is 18.0 Å². The normalized spacial score (nSPS) is 11.2. The topological polar surface area (TPSA) is 91.2 Å². The lowest BCUT2D eigenvalue weighted by Gasteiger charge is -2.09. The van der Waals surface area contributed by atoms with E-state index in [-0.39, 0.29) is 18.1 Å². The van der Waals surface area contributed by atoms with Crippen LogP contribution in [0.5, 0.6) is 11.6 Å². The van der Waals surface area contributed by atoms with Gasteiger partial charge in [-0.2, -0.15) is 13.2 Å². The monoisotopic (exact) mass is 421 g/mol. The quantitative estimate of drug-likeness (QED) is 0.631. The molecule has 0 bridgehead atoms. The maximum atomic E-state index is 12.4. The first-order valence-electron chi connectivity index (χ1n) is 8.76. The second-order valence-electron chi connectivity index (χ2n) is 6.22. The Labute approximate surface area is 169 Å². The Kier molecular flexibility index (Phi) is 6.19. The zero-order chi connectivity index (χ0) is 21.7. The zero-order valence-corrected chi connectivity index (χ0v) is 16.1. The number of hydrogen-bond donors (Lipinski definition) is 1. The predicted octanol–water partition coefficient (Wildman–Crippen LogP) is 2.85. The van der Waals surface area contributed by atoms with E-state index in [0.29, 0.717) is 17.0 Å². The fourth-order valence-electron chi connectivity index (χ4n) is 2.53. The maximum Gasteiger partial charge on any atom is 0.422 e. The van der Waals surface area contributed by atoms with Gasteiger partial charge in [-0.15, -0.1) is 5.10 Å². The molecule has 8 nitrogen and oxygen atoms in total. The molecule has 0 radical (unpaired) electrons. The molecule has 158 valence electrons. The van der Waals surface area contributed by atoms with Crippen molar-refractivity contribution in [3.8, 4) is 17.3 Å². The van der Waals surface area contributed by atoms with E-state index in [2.05, 4.69) is 25.3 Å². The van der Waals surface area contributed by atoms with Crippen molar-refractivity contribution in [2.45, 2.75) is 19.6 Å². The summed E-state index contributed by atoms with van der Waals surface area (Å²) in [4.78, 5) is 16.2. The lowest BCUT2D eigenvalue weighted by Crippen LogP contribution is -2.24. The van der Waals surface area contributed by atoms with Crippen LogP contribution in [0.15, 0.2) is 42.6 Å². The molecule has 0 saturated heterocycles. The third kappa shape index (κ3) is 5.25. The van der Waals surface area contributed by atoms with E-state index in [0.717, 1.165) is 5.69 Å². The molecule has 1 aromatic carbocycles. The fraction of sp³-hybridized carbons (Fsp3) is 0.263. The SMILES string of the molecule is COc1ccc(-n2nnc(C(=O)NCc3ccc(OCC(F)(F)F)nc3)c2C)cc1. The van der Waals surface area contributed by atoms with Crippen molar-refractivity contribution in [1.82, 2.24) is 25.3 Å². The lowest BCUT2D eigenvalue weighted by atomic mass is 10.2. The van der Waals surface area contributed by atoms with E-state index in [4.69, 9.17) is 4.74 Å². The van der Waals surface area contributed by atoms with Crippen molar-refractivity contribution >= 4 is 5.91 Å². The van der Waals surface area contributed by atoms with Gasteiger partial charge in [0, 0.05) is 18.8 Å². The Morgan fingerprint density at radius 1 is 1.17 bits per heavy atom. The molecule has 0 aliphatic carbocycles. The van der Waals surface area contributed by atoms with Gasteiger partial charge in [-0.3, -0.25) is 4.79 Å². The summed E-state index contributed by atoms with van der Waals surface area (Å²) in [5.41, 5.74) is 2.01. The van der Waals surface area contributed by atoms with Gasteiger partial charge in [0.2, 0.25) is 5.88 Å². The Hall–Kier alpha value is -3.63. The summed E-state index contributed by atoms with van der Waals surface area (Å²) in [6, 6.07) is 9.93. The van der Waals surface area contributed by atoms with Gasteiger partial charge >= 0.3 is 6.18 Å². The first kappa shape index (κ1) is 21.1. The van der Waals surface area contributed by atoms with Crippen LogP contribution in [0.25, 0.3) is 5.69 Å². The standard InChI is InChI=1S/C19H18F3N5O3/c1-12-17(25-26-27(12)14-4-6-15(29-2)7-5-14)18(28)24-10-13-3-8-16(23-9-13)30-11-19(20,21)22/h3-9H,10-11H2,1-2H3,(H,24,28). The van der Waals surface area contributed by atoms with Crippen molar-refractivity contribution in [3.63, 3.8) is 0 Å². The number of carbonyl (C=O) groups is 1. The summed E-state index contributed by atoms with van der Waals surface area (Å²) in [7, 11) is 1.57. The number of aromatic nitrogens is 4. The largest absolute Gasteiger partial charge is 0.497 e. The number of halogens is 3. The van der Waals surface area contributed by atoms with E-state index in [1.807, 2.05) is 0 Å². The van der Waals surface area contributed by atoms with Gasteiger partial charge in [0.1, 0.15) is 5.75 Å². The molecule has 2 heterocycles. The maximum absolute atomic E-state index is 12.4. The molecule has 11 heteroatoms. The number of amides is 1. The molecule has 2 aromatic heterocycles. The van der Waals surface area contributed by atoms with Gasteiger partial charge in [-0.1, -0.05) is 11.3 Å². The van der Waals surface area contributed by atoms with Gasteiger partial charge in [-0.25, -0.2) is 9.67 Å². The fourth-order valence-corrected chi connectivity index (χ4v) is 2.53. The number of nitrogens with one attached hydrogen (secondary N) is 1. The molecule has 1 amide bonds. The summed E-state index contributed by atoms with van der Waals surface area (Å²) in [5.74, 6) is 0.100. The van der Waals surface area contributed by atoms with Crippen molar-refractivity contribution in [3.05, 3.63) is 59.5 Å². The highest BCUT2D eigenvalue weighted by atomic mass is 19.4. The summed E-state index contributed by atoms with van der Waals surface area (Å²) >= 11 is 0. The Bertz CT molecular complexity index is 1000. The Balaban J connectivity index is 1.60. The molecule has 3 rings (SSSR count). The van der Waals surface area contributed by atoms with Gasteiger partial charge in [0.15, 0.2) is 12.3 Å². The number of benzene rings is 1. The van der Waals surface area contributed by atoms with Crippen molar-refractivity contribution in [1.29, 1.82) is 0 Å².